The molecule has 0 aliphatic heterocycles. The molecule has 0 spiro atoms. The first-order valence-corrected chi connectivity index (χ1v) is 4.58. The van der Waals surface area contributed by atoms with Gasteiger partial charge in [-0.15, -0.1) is 0 Å². The quantitative estimate of drug-likeness (QED) is 0.711. The number of hydrogen-bond acceptors (Lipinski definition) is 2. The summed E-state index contributed by atoms with van der Waals surface area (Å²) in [5.41, 5.74) is 2.16. The Hall–Kier alpha value is -1.30. The zero-order valence-electron chi connectivity index (χ0n) is 8.41. The lowest BCUT2D eigenvalue weighted by Gasteiger charge is -2.13. The summed E-state index contributed by atoms with van der Waals surface area (Å²) in [6.45, 7) is 6.08. The second kappa shape index (κ2) is 4.08. The molecule has 0 aromatic carbocycles. The molecule has 0 radical (unpaired) electrons. The van der Waals surface area contributed by atoms with E-state index >= 15 is 0 Å². The lowest BCUT2D eigenvalue weighted by Crippen LogP contribution is -2.10. The van der Waals surface area contributed by atoms with E-state index in [1.165, 1.54) is 0 Å². The first-order valence-electron chi connectivity index (χ1n) is 4.58. The van der Waals surface area contributed by atoms with E-state index in [4.69, 9.17) is 5.26 Å². The number of nitriles is 1. The maximum atomic E-state index is 8.64. The van der Waals surface area contributed by atoms with Crippen LogP contribution in [0.3, 0.4) is 0 Å². The molecule has 0 saturated carbocycles. The van der Waals surface area contributed by atoms with Gasteiger partial charge in [-0.1, -0.05) is 6.92 Å². The van der Waals surface area contributed by atoms with E-state index in [9.17, 15) is 0 Å². The molecule has 1 rings (SSSR count). The average Bonchev–Trinajstić information content (AvgIpc) is 2.41. The van der Waals surface area contributed by atoms with E-state index in [0.717, 1.165) is 17.8 Å². The minimum absolute atomic E-state index is 0.235. The van der Waals surface area contributed by atoms with Crippen LogP contribution in [0.15, 0.2) is 6.07 Å². The fourth-order valence-electron chi connectivity index (χ4n) is 1.52. The van der Waals surface area contributed by atoms with Crippen molar-refractivity contribution in [2.75, 3.05) is 0 Å². The van der Waals surface area contributed by atoms with Crippen LogP contribution >= 0.6 is 0 Å². The first-order chi connectivity index (χ1) is 6.19. The van der Waals surface area contributed by atoms with Crippen molar-refractivity contribution >= 4 is 0 Å². The van der Waals surface area contributed by atoms with Crippen LogP contribution in [0.1, 0.15) is 37.2 Å². The summed E-state index contributed by atoms with van der Waals surface area (Å²) >= 11 is 0. The number of aromatic nitrogens is 2. The van der Waals surface area contributed by atoms with Crippen molar-refractivity contribution in [1.29, 1.82) is 5.26 Å². The van der Waals surface area contributed by atoms with Crippen LogP contribution in [0.5, 0.6) is 0 Å². The van der Waals surface area contributed by atoms with E-state index in [-0.39, 0.29) is 6.04 Å². The number of rotatable bonds is 3. The van der Waals surface area contributed by atoms with Gasteiger partial charge in [-0.2, -0.15) is 10.4 Å². The fourth-order valence-corrected chi connectivity index (χ4v) is 1.52. The largest absolute Gasteiger partial charge is 0.266 e. The third kappa shape index (κ3) is 2.09. The Balaban J connectivity index is 2.91. The highest BCUT2D eigenvalue weighted by Crippen LogP contribution is 2.17. The number of aryl methyl sites for hydroxylation is 2. The summed E-state index contributed by atoms with van der Waals surface area (Å²) in [4.78, 5) is 0. The minimum Gasteiger partial charge on any atom is -0.266 e. The molecule has 0 aliphatic carbocycles. The summed E-state index contributed by atoms with van der Waals surface area (Å²) in [7, 11) is 0. The van der Waals surface area contributed by atoms with E-state index in [2.05, 4.69) is 18.1 Å². The highest BCUT2D eigenvalue weighted by molar-refractivity contribution is 5.08. The molecule has 1 atom stereocenters. The Morgan fingerprint density at radius 1 is 1.62 bits per heavy atom. The summed E-state index contributed by atoms with van der Waals surface area (Å²) < 4.78 is 1.96. The molecule has 3 nitrogen and oxygen atoms in total. The van der Waals surface area contributed by atoms with E-state index in [1.54, 1.807) is 0 Å². The molecule has 70 valence electrons. The highest BCUT2D eigenvalue weighted by atomic mass is 15.3. The van der Waals surface area contributed by atoms with Gasteiger partial charge in [-0.05, 0) is 26.3 Å². The van der Waals surface area contributed by atoms with Crippen LogP contribution in [-0.4, -0.2) is 9.78 Å². The van der Waals surface area contributed by atoms with Gasteiger partial charge >= 0.3 is 0 Å². The predicted octanol–water partition coefficient (Wildman–Crippen LogP) is 2.36. The van der Waals surface area contributed by atoms with Crippen LogP contribution in [-0.2, 0) is 0 Å². The summed E-state index contributed by atoms with van der Waals surface area (Å²) in [5.74, 6) is 0. The second-order valence-corrected chi connectivity index (χ2v) is 3.30. The average molecular weight is 177 g/mol. The molecule has 1 aromatic heterocycles. The van der Waals surface area contributed by atoms with Crippen molar-refractivity contribution < 1.29 is 0 Å². The van der Waals surface area contributed by atoms with Crippen LogP contribution in [0.4, 0.5) is 0 Å². The van der Waals surface area contributed by atoms with Gasteiger partial charge in [-0.25, -0.2) is 0 Å². The van der Waals surface area contributed by atoms with E-state index < -0.39 is 0 Å². The van der Waals surface area contributed by atoms with Gasteiger partial charge in [0.2, 0.25) is 0 Å². The van der Waals surface area contributed by atoms with Crippen LogP contribution in [0, 0.1) is 25.2 Å². The van der Waals surface area contributed by atoms with E-state index in [0.29, 0.717) is 6.42 Å². The third-order valence-corrected chi connectivity index (χ3v) is 2.19. The molecule has 0 bridgehead atoms. The molecular formula is C10H15N3. The molecule has 1 unspecified atom stereocenters. The Kier molecular flexibility index (Phi) is 3.07. The van der Waals surface area contributed by atoms with Crippen LogP contribution in [0.25, 0.3) is 0 Å². The molecule has 1 heterocycles. The molecule has 0 saturated heterocycles. The van der Waals surface area contributed by atoms with Crippen molar-refractivity contribution in [3.63, 3.8) is 0 Å². The van der Waals surface area contributed by atoms with Gasteiger partial charge in [-0.3, -0.25) is 4.68 Å². The predicted molar refractivity (Wildman–Crippen MR) is 51.3 cm³/mol. The molecular weight excluding hydrogens is 162 g/mol. The van der Waals surface area contributed by atoms with Crippen molar-refractivity contribution in [2.45, 2.75) is 39.7 Å². The zero-order chi connectivity index (χ0) is 9.84. The molecule has 0 amide bonds. The number of nitrogens with zero attached hydrogens (tertiary/aromatic N) is 3. The van der Waals surface area contributed by atoms with Crippen molar-refractivity contribution in [1.82, 2.24) is 9.78 Å². The van der Waals surface area contributed by atoms with Gasteiger partial charge < -0.3 is 0 Å². The topological polar surface area (TPSA) is 41.6 Å². The van der Waals surface area contributed by atoms with Gasteiger partial charge in [0, 0.05) is 5.69 Å². The lowest BCUT2D eigenvalue weighted by molar-refractivity contribution is 0.437. The van der Waals surface area contributed by atoms with Crippen LogP contribution < -0.4 is 0 Å². The van der Waals surface area contributed by atoms with Crippen molar-refractivity contribution in [3.8, 4) is 6.07 Å². The third-order valence-electron chi connectivity index (χ3n) is 2.19. The Morgan fingerprint density at radius 2 is 2.31 bits per heavy atom. The second-order valence-electron chi connectivity index (χ2n) is 3.30. The van der Waals surface area contributed by atoms with Crippen molar-refractivity contribution in [2.24, 2.45) is 0 Å². The standard InChI is InChI=1S/C10H15N3/c1-4-10(5-6-11)13-9(3)7-8(2)12-13/h7,10H,4-5H2,1-3H3. The molecule has 0 fully saturated rings. The Morgan fingerprint density at radius 3 is 2.69 bits per heavy atom. The molecule has 13 heavy (non-hydrogen) atoms. The van der Waals surface area contributed by atoms with Gasteiger partial charge in [0.05, 0.1) is 24.2 Å². The molecule has 1 aromatic rings. The minimum atomic E-state index is 0.235. The molecule has 0 aliphatic rings. The lowest BCUT2D eigenvalue weighted by atomic mass is 10.2. The number of hydrogen-bond donors (Lipinski definition) is 0. The van der Waals surface area contributed by atoms with Gasteiger partial charge in [0.25, 0.3) is 0 Å². The van der Waals surface area contributed by atoms with E-state index in [1.807, 2.05) is 24.6 Å². The zero-order valence-corrected chi connectivity index (χ0v) is 8.41. The van der Waals surface area contributed by atoms with Crippen molar-refractivity contribution in [3.05, 3.63) is 17.5 Å². The first kappa shape index (κ1) is 9.79. The monoisotopic (exact) mass is 177 g/mol. The highest BCUT2D eigenvalue weighted by Gasteiger charge is 2.11. The van der Waals surface area contributed by atoms with Crippen LogP contribution in [0.2, 0.25) is 0 Å². The van der Waals surface area contributed by atoms with Gasteiger partial charge in [0.15, 0.2) is 0 Å². The smallest absolute Gasteiger partial charge is 0.0649 e. The Labute approximate surface area is 79.0 Å². The normalized spacial score (nSPS) is 12.5. The Bertz CT molecular complexity index is 319. The van der Waals surface area contributed by atoms with Gasteiger partial charge in [0.1, 0.15) is 0 Å². The molecule has 0 N–H and O–H groups in total. The molecule has 3 heteroatoms. The maximum absolute atomic E-state index is 8.64. The summed E-state index contributed by atoms with van der Waals surface area (Å²) in [6, 6.07) is 4.47. The summed E-state index contributed by atoms with van der Waals surface area (Å²) in [5, 5.41) is 13.0. The SMILES string of the molecule is CCC(CC#N)n1nc(C)cc1C. The maximum Gasteiger partial charge on any atom is 0.0649 e. The fraction of sp³-hybridized carbons (Fsp3) is 0.600. The summed E-state index contributed by atoms with van der Waals surface area (Å²) in [6.07, 6.45) is 1.49.